The van der Waals surface area contributed by atoms with Crippen molar-refractivity contribution in [3.8, 4) is 0 Å². The molecule has 30 heavy (non-hydrogen) atoms. The average Bonchev–Trinajstić information content (AvgIpc) is 3.00. The number of likely N-dealkylation sites (N-methyl/N-ethyl adjacent to an activating group) is 1. The summed E-state index contributed by atoms with van der Waals surface area (Å²) in [5.41, 5.74) is 2.37. The molecule has 0 spiro atoms. The number of carbonyl (C=O) groups is 1. The van der Waals surface area contributed by atoms with Crippen molar-refractivity contribution in [2.24, 2.45) is 0 Å². The van der Waals surface area contributed by atoms with Gasteiger partial charge in [-0.3, -0.25) is 9.59 Å². The van der Waals surface area contributed by atoms with Crippen LogP contribution in [0.25, 0.3) is 11.0 Å². The highest BCUT2D eigenvalue weighted by atomic mass is 35.5. The molecule has 2 heterocycles. The SMILES string of the molecule is CCc1ccc2oc3c(c(=O)c2c1)C(c1ccc(Cl)c(Cl)c1)N(CCN(C)C)C3=O. The van der Waals surface area contributed by atoms with E-state index in [9.17, 15) is 9.59 Å². The van der Waals surface area contributed by atoms with Gasteiger partial charge in [0, 0.05) is 13.1 Å². The zero-order valence-corrected chi connectivity index (χ0v) is 18.5. The molecular weight excluding hydrogens is 423 g/mol. The minimum atomic E-state index is -0.576. The summed E-state index contributed by atoms with van der Waals surface area (Å²) in [6.45, 7) is 3.11. The summed E-state index contributed by atoms with van der Waals surface area (Å²) in [6.07, 6.45) is 0.802. The van der Waals surface area contributed by atoms with Crippen molar-refractivity contribution < 1.29 is 9.21 Å². The molecule has 0 radical (unpaired) electrons. The van der Waals surface area contributed by atoms with Crippen molar-refractivity contribution in [3.05, 3.63) is 79.1 Å². The van der Waals surface area contributed by atoms with E-state index >= 15 is 0 Å². The molecule has 0 saturated carbocycles. The first-order valence-corrected chi connectivity index (χ1v) is 10.6. The second kappa shape index (κ2) is 8.06. The van der Waals surface area contributed by atoms with Crippen LogP contribution in [-0.4, -0.2) is 42.9 Å². The molecule has 7 heteroatoms. The second-order valence-corrected chi connectivity index (χ2v) is 8.55. The van der Waals surface area contributed by atoms with Gasteiger partial charge in [0.25, 0.3) is 5.91 Å². The Hall–Kier alpha value is -2.34. The van der Waals surface area contributed by atoms with Crippen molar-refractivity contribution in [2.45, 2.75) is 19.4 Å². The van der Waals surface area contributed by atoms with Crippen LogP contribution in [0, 0.1) is 0 Å². The Bertz CT molecular complexity index is 1200. The summed E-state index contributed by atoms with van der Waals surface area (Å²) in [6, 6.07) is 10.1. The summed E-state index contributed by atoms with van der Waals surface area (Å²) in [4.78, 5) is 30.5. The Balaban J connectivity index is 1.95. The van der Waals surface area contributed by atoms with Gasteiger partial charge >= 0.3 is 0 Å². The van der Waals surface area contributed by atoms with Crippen molar-refractivity contribution in [1.82, 2.24) is 9.80 Å². The van der Waals surface area contributed by atoms with E-state index in [0.717, 1.165) is 17.5 Å². The third-order valence-corrected chi connectivity index (χ3v) is 6.22. The van der Waals surface area contributed by atoms with Crippen molar-refractivity contribution in [1.29, 1.82) is 0 Å². The molecule has 0 saturated heterocycles. The van der Waals surface area contributed by atoms with E-state index < -0.39 is 6.04 Å². The fraction of sp³-hybridized carbons (Fsp3) is 0.304. The maximum Gasteiger partial charge on any atom is 0.290 e. The molecule has 0 bridgehead atoms. The molecule has 3 aromatic rings. The first kappa shape index (κ1) is 20.9. The Kier molecular flexibility index (Phi) is 5.62. The number of aryl methyl sites for hydroxylation is 1. The molecule has 1 amide bonds. The highest BCUT2D eigenvalue weighted by Gasteiger charge is 2.42. The molecule has 0 fully saturated rings. The van der Waals surface area contributed by atoms with Gasteiger partial charge < -0.3 is 14.2 Å². The zero-order valence-electron chi connectivity index (χ0n) is 17.0. The molecule has 1 unspecified atom stereocenters. The smallest absolute Gasteiger partial charge is 0.290 e. The number of fused-ring (bicyclic) bond motifs is 2. The lowest BCUT2D eigenvalue weighted by atomic mass is 9.98. The molecular formula is C23H22Cl2N2O3. The standard InChI is InChI=1S/C23H22Cl2N2O3/c1-4-13-5-8-18-15(11-13)21(28)19-20(14-6-7-16(24)17(25)12-14)27(10-9-26(2)3)23(29)22(19)30-18/h5-8,11-12,20H,4,9-10H2,1-3H3. The summed E-state index contributed by atoms with van der Waals surface area (Å²) in [5, 5.41) is 1.28. The van der Waals surface area contributed by atoms with Gasteiger partial charge in [0.2, 0.25) is 5.76 Å². The fourth-order valence-corrected chi connectivity index (χ4v) is 4.16. The largest absolute Gasteiger partial charge is 0.450 e. The number of amides is 1. The predicted molar refractivity (Wildman–Crippen MR) is 120 cm³/mol. The molecule has 1 aromatic heterocycles. The van der Waals surface area contributed by atoms with Crippen LogP contribution in [0.2, 0.25) is 10.0 Å². The van der Waals surface area contributed by atoms with Crippen molar-refractivity contribution in [2.75, 3.05) is 27.2 Å². The van der Waals surface area contributed by atoms with Gasteiger partial charge in [-0.1, -0.05) is 42.3 Å². The molecule has 0 aliphatic carbocycles. The van der Waals surface area contributed by atoms with Gasteiger partial charge in [0.1, 0.15) is 5.58 Å². The topological polar surface area (TPSA) is 53.8 Å². The maximum atomic E-state index is 13.5. The van der Waals surface area contributed by atoms with Crippen molar-refractivity contribution in [3.63, 3.8) is 0 Å². The van der Waals surface area contributed by atoms with E-state index in [1.807, 2.05) is 38.1 Å². The van der Waals surface area contributed by atoms with Gasteiger partial charge in [-0.25, -0.2) is 0 Å². The molecule has 1 aliphatic rings. The number of rotatable bonds is 5. The third-order valence-electron chi connectivity index (χ3n) is 5.49. The van der Waals surface area contributed by atoms with Gasteiger partial charge in [0.05, 0.1) is 27.0 Å². The van der Waals surface area contributed by atoms with Crippen LogP contribution in [0.3, 0.4) is 0 Å². The number of halogens is 2. The van der Waals surface area contributed by atoms with Crippen molar-refractivity contribution >= 4 is 40.1 Å². The van der Waals surface area contributed by atoms with E-state index in [2.05, 4.69) is 0 Å². The lowest BCUT2D eigenvalue weighted by Gasteiger charge is -2.26. The van der Waals surface area contributed by atoms with Crippen LogP contribution in [-0.2, 0) is 6.42 Å². The predicted octanol–water partition coefficient (Wildman–Crippen LogP) is 4.77. The molecule has 2 aromatic carbocycles. The normalized spacial score (nSPS) is 16.0. The lowest BCUT2D eigenvalue weighted by Crippen LogP contribution is -2.35. The van der Waals surface area contributed by atoms with E-state index in [1.165, 1.54) is 0 Å². The quantitative estimate of drug-likeness (QED) is 0.568. The molecule has 1 aliphatic heterocycles. The van der Waals surface area contributed by atoms with Gasteiger partial charge in [0.15, 0.2) is 5.43 Å². The van der Waals surface area contributed by atoms with Gasteiger partial charge in [-0.05, 0) is 55.9 Å². The minimum Gasteiger partial charge on any atom is -0.450 e. The molecule has 0 N–H and O–H groups in total. The first-order chi connectivity index (χ1) is 14.3. The van der Waals surface area contributed by atoms with E-state index in [-0.39, 0.29) is 17.1 Å². The monoisotopic (exact) mass is 444 g/mol. The number of benzene rings is 2. The van der Waals surface area contributed by atoms with Gasteiger partial charge in [-0.15, -0.1) is 0 Å². The van der Waals surface area contributed by atoms with E-state index in [0.29, 0.717) is 39.7 Å². The Morgan fingerprint density at radius 2 is 1.83 bits per heavy atom. The molecule has 5 nitrogen and oxygen atoms in total. The van der Waals surface area contributed by atoms with E-state index in [1.54, 1.807) is 29.2 Å². The van der Waals surface area contributed by atoms with Crippen LogP contribution in [0.1, 0.15) is 40.2 Å². The zero-order chi connectivity index (χ0) is 21.6. The summed E-state index contributed by atoms with van der Waals surface area (Å²) < 4.78 is 5.98. The second-order valence-electron chi connectivity index (χ2n) is 7.74. The average molecular weight is 445 g/mol. The third kappa shape index (κ3) is 3.51. The van der Waals surface area contributed by atoms with Crippen LogP contribution < -0.4 is 5.43 Å². The highest BCUT2D eigenvalue weighted by Crippen LogP contribution is 2.39. The number of nitrogens with zero attached hydrogens (tertiary/aromatic N) is 2. The number of carbonyl (C=O) groups excluding carboxylic acids is 1. The van der Waals surface area contributed by atoms with Crippen LogP contribution in [0.15, 0.2) is 45.6 Å². The summed E-state index contributed by atoms with van der Waals surface area (Å²) in [5.74, 6) is -0.187. The Morgan fingerprint density at radius 1 is 1.07 bits per heavy atom. The van der Waals surface area contributed by atoms with Crippen LogP contribution >= 0.6 is 23.2 Å². The summed E-state index contributed by atoms with van der Waals surface area (Å²) >= 11 is 12.4. The molecule has 4 rings (SSSR count). The first-order valence-electron chi connectivity index (χ1n) is 9.82. The Labute approximate surface area is 184 Å². The fourth-order valence-electron chi connectivity index (χ4n) is 3.85. The number of hydrogen-bond acceptors (Lipinski definition) is 4. The minimum absolute atomic E-state index is 0.103. The lowest BCUT2D eigenvalue weighted by molar-refractivity contribution is 0.0716. The van der Waals surface area contributed by atoms with Crippen LogP contribution in [0.4, 0.5) is 0 Å². The highest BCUT2D eigenvalue weighted by molar-refractivity contribution is 6.42. The summed E-state index contributed by atoms with van der Waals surface area (Å²) in [7, 11) is 3.87. The van der Waals surface area contributed by atoms with E-state index in [4.69, 9.17) is 27.6 Å². The van der Waals surface area contributed by atoms with Crippen LogP contribution in [0.5, 0.6) is 0 Å². The Morgan fingerprint density at radius 3 is 2.50 bits per heavy atom. The number of hydrogen-bond donors (Lipinski definition) is 0. The molecule has 156 valence electrons. The maximum absolute atomic E-state index is 13.5. The molecule has 1 atom stereocenters. The van der Waals surface area contributed by atoms with Gasteiger partial charge in [-0.2, -0.15) is 0 Å².